The fraction of sp³-hybridized carbons (Fsp3) is 0.643. The number of carboxylic acid groups (broad SMARTS) is 1. The lowest BCUT2D eigenvalue weighted by atomic mass is 10.1. The number of hydrogen-bond donors (Lipinski definition) is 1. The Hall–Kier alpha value is -2.06. The molecule has 6 nitrogen and oxygen atoms in total. The maximum absolute atomic E-state index is 13.3. The van der Waals surface area contributed by atoms with Crippen LogP contribution in [0.5, 0.6) is 5.75 Å². The second kappa shape index (κ2) is 7.01. The van der Waals surface area contributed by atoms with Crippen molar-refractivity contribution in [1.29, 1.82) is 0 Å². The molecular formula is C14H19F3N2O4. The Morgan fingerprint density at radius 2 is 1.87 bits per heavy atom. The summed E-state index contributed by atoms with van der Waals surface area (Å²) >= 11 is 0. The molecule has 1 aromatic rings. The Morgan fingerprint density at radius 1 is 1.30 bits per heavy atom. The van der Waals surface area contributed by atoms with Gasteiger partial charge in [0.15, 0.2) is 11.3 Å². The maximum Gasteiger partial charge on any atom is 0.425 e. The second-order valence-corrected chi connectivity index (χ2v) is 5.80. The molecular weight excluding hydrogens is 317 g/mol. The third-order valence-electron chi connectivity index (χ3n) is 2.81. The van der Waals surface area contributed by atoms with E-state index in [1.54, 1.807) is 27.7 Å². The van der Waals surface area contributed by atoms with E-state index in [9.17, 15) is 22.8 Å². The summed E-state index contributed by atoms with van der Waals surface area (Å²) in [7, 11) is 0. The van der Waals surface area contributed by atoms with Crippen LogP contribution in [0.4, 0.5) is 13.2 Å². The Labute approximate surface area is 130 Å². The molecule has 0 unspecified atom stereocenters. The van der Waals surface area contributed by atoms with Gasteiger partial charge in [0.25, 0.3) is 5.56 Å². The maximum atomic E-state index is 13.3. The van der Waals surface area contributed by atoms with Crippen LogP contribution in [0.15, 0.2) is 4.79 Å². The SMILES string of the molecule is CC(C)COc1c(C(C)C)nn(CC(=O)O)c(=O)c1C(F)(F)F. The number of aromatic nitrogens is 2. The van der Waals surface area contributed by atoms with E-state index >= 15 is 0 Å². The Morgan fingerprint density at radius 3 is 2.26 bits per heavy atom. The van der Waals surface area contributed by atoms with E-state index in [1.807, 2.05) is 0 Å². The van der Waals surface area contributed by atoms with Crippen molar-refractivity contribution in [3.8, 4) is 5.75 Å². The molecule has 0 aromatic carbocycles. The van der Waals surface area contributed by atoms with Crippen molar-refractivity contribution in [3.63, 3.8) is 0 Å². The van der Waals surface area contributed by atoms with Crippen LogP contribution >= 0.6 is 0 Å². The van der Waals surface area contributed by atoms with Gasteiger partial charge in [-0.25, -0.2) is 4.68 Å². The normalized spacial score (nSPS) is 12.0. The third kappa shape index (κ3) is 4.70. The standard InChI is InChI=1S/C14H19F3N2O4/c1-7(2)6-23-12-10(14(15,16)17)13(22)19(5-9(20)21)18-11(12)8(3)4/h7-8H,5-6H2,1-4H3,(H,20,21). The summed E-state index contributed by atoms with van der Waals surface area (Å²) in [6.07, 6.45) is -4.98. The zero-order valence-electron chi connectivity index (χ0n) is 13.3. The summed E-state index contributed by atoms with van der Waals surface area (Å²) in [5, 5.41) is 12.5. The average molecular weight is 336 g/mol. The van der Waals surface area contributed by atoms with Gasteiger partial charge in [0.05, 0.1) is 6.61 Å². The lowest BCUT2D eigenvalue weighted by Crippen LogP contribution is -2.35. The minimum absolute atomic E-state index is 0.0210. The Bertz CT molecular complexity index is 636. The number of hydrogen-bond acceptors (Lipinski definition) is 4. The van der Waals surface area contributed by atoms with Gasteiger partial charge in [-0.15, -0.1) is 0 Å². The molecule has 23 heavy (non-hydrogen) atoms. The lowest BCUT2D eigenvalue weighted by molar-refractivity contribution is -0.142. The molecule has 0 bridgehead atoms. The van der Waals surface area contributed by atoms with Crippen LogP contribution in [0.3, 0.4) is 0 Å². The highest BCUT2D eigenvalue weighted by atomic mass is 19.4. The summed E-state index contributed by atoms with van der Waals surface area (Å²) in [6.45, 7) is 5.70. The summed E-state index contributed by atoms with van der Waals surface area (Å²) in [6, 6.07) is 0. The lowest BCUT2D eigenvalue weighted by Gasteiger charge is -2.20. The quantitative estimate of drug-likeness (QED) is 0.863. The topological polar surface area (TPSA) is 81.4 Å². The average Bonchev–Trinajstić information content (AvgIpc) is 2.36. The fourth-order valence-corrected chi connectivity index (χ4v) is 1.83. The van der Waals surface area contributed by atoms with Crippen LogP contribution in [0, 0.1) is 5.92 Å². The zero-order chi connectivity index (χ0) is 17.9. The predicted octanol–water partition coefficient (Wildman–Crippen LogP) is 2.50. The Balaban J connectivity index is 3.66. The summed E-state index contributed by atoms with van der Waals surface area (Å²) in [5.74, 6) is -2.62. The van der Waals surface area contributed by atoms with Crippen molar-refractivity contribution in [2.24, 2.45) is 5.92 Å². The highest BCUT2D eigenvalue weighted by Gasteiger charge is 2.41. The van der Waals surface area contributed by atoms with Crippen LogP contribution in [0.25, 0.3) is 0 Å². The largest absolute Gasteiger partial charge is 0.490 e. The molecule has 0 saturated carbocycles. The van der Waals surface area contributed by atoms with E-state index in [1.165, 1.54) is 0 Å². The molecule has 130 valence electrons. The molecule has 0 saturated heterocycles. The van der Waals surface area contributed by atoms with Gasteiger partial charge in [-0.2, -0.15) is 18.3 Å². The van der Waals surface area contributed by atoms with Crippen molar-refractivity contribution in [2.75, 3.05) is 6.61 Å². The van der Waals surface area contributed by atoms with Gasteiger partial charge in [0.1, 0.15) is 12.2 Å². The van der Waals surface area contributed by atoms with Crippen molar-refractivity contribution >= 4 is 5.97 Å². The molecule has 1 N–H and O–H groups in total. The number of ether oxygens (including phenoxy) is 1. The molecule has 9 heteroatoms. The first-order valence-electron chi connectivity index (χ1n) is 7.01. The van der Waals surface area contributed by atoms with Crippen LogP contribution in [-0.4, -0.2) is 27.5 Å². The fourth-order valence-electron chi connectivity index (χ4n) is 1.83. The van der Waals surface area contributed by atoms with Gasteiger partial charge in [0, 0.05) is 5.92 Å². The molecule has 0 aliphatic heterocycles. The molecule has 0 spiro atoms. The van der Waals surface area contributed by atoms with E-state index in [2.05, 4.69) is 5.10 Å². The third-order valence-corrected chi connectivity index (χ3v) is 2.81. The molecule has 1 heterocycles. The first-order valence-corrected chi connectivity index (χ1v) is 7.01. The highest BCUT2D eigenvalue weighted by molar-refractivity contribution is 5.66. The van der Waals surface area contributed by atoms with Gasteiger partial charge in [-0.3, -0.25) is 9.59 Å². The van der Waals surface area contributed by atoms with E-state index in [-0.39, 0.29) is 18.2 Å². The van der Waals surface area contributed by atoms with Gasteiger partial charge in [-0.05, 0) is 5.92 Å². The van der Waals surface area contributed by atoms with Gasteiger partial charge in [-0.1, -0.05) is 27.7 Å². The molecule has 0 amide bonds. The second-order valence-electron chi connectivity index (χ2n) is 5.80. The predicted molar refractivity (Wildman–Crippen MR) is 75.6 cm³/mol. The number of rotatable bonds is 6. The molecule has 0 aliphatic rings. The first kappa shape index (κ1) is 19.0. The zero-order valence-corrected chi connectivity index (χ0v) is 13.3. The van der Waals surface area contributed by atoms with Crippen LogP contribution in [0.2, 0.25) is 0 Å². The molecule has 1 rings (SSSR count). The van der Waals surface area contributed by atoms with Gasteiger partial charge >= 0.3 is 12.1 Å². The van der Waals surface area contributed by atoms with E-state index in [4.69, 9.17) is 9.84 Å². The number of carboxylic acids is 1. The van der Waals surface area contributed by atoms with E-state index in [0.717, 1.165) is 0 Å². The summed E-state index contributed by atoms with van der Waals surface area (Å²) in [5.41, 5.74) is -3.14. The monoisotopic (exact) mass is 336 g/mol. The number of nitrogens with zero attached hydrogens (tertiary/aromatic N) is 2. The smallest absolute Gasteiger partial charge is 0.425 e. The molecule has 1 aromatic heterocycles. The van der Waals surface area contributed by atoms with Crippen LogP contribution < -0.4 is 10.3 Å². The Kier molecular flexibility index (Phi) is 5.79. The van der Waals surface area contributed by atoms with Gasteiger partial charge < -0.3 is 9.84 Å². The minimum atomic E-state index is -4.98. The van der Waals surface area contributed by atoms with E-state index in [0.29, 0.717) is 4.68 Å². The van der Waals surface area contributed by atoms with Crippen LogP contribution in [-0.2, 0) is 17.5 Å². The van der Waals surface area contributed by atoms with Crippen molar-refractivity contribution in [3.05, 3.63) is 21.6 Å². The molecule has 0 atom stereocenters. The molecule has 0 fully saturated rings. The number of aliphatic carboxylic acids is 1. The summed E-state index contributed by atoms with van der Waals surface area (Å²) in [4.78, 5) is 22.8. The number of carbonyl (C=O) groups is 1. The van der Waals surface area contributed by atoms with E-state index < -0.39 is 41.5 Å². The van der Waals surface area contributed by atoms with Gasteiger partial charge in [0.2, 0.25) is 0 Å². The summed E-state index contributed by atoms with van der Waals surface area (Å²) < 4.78 is 45.5. The molecule has 0 radical (unpaired) electrons. The van der Waals surface area contributed by atoms with Crippen molar-refractivity contribution < 1.29 is 27.8 Å². The van der Waals surface area contributed by atoms with Crippen LogP contribution in [0.1, 0.15) is 44.9 Å². The number of halogens is 3. The first-order chi connectivity index (χ1) is 10.4. The van der Waals surface area contributed by atoms with Crippen molar-refractivity contribution in [1.82, 2.24) is 9.78 Å². The van der Waals surface area contributed by atoms with Crippen molar-refractivity contribution in [2.45, 2.75) is 46.3 Å². The minimum Gasteiger partial charge on any atom is -0.490 e. The highest BCUT2D eigenvalue weighted by Crippen LogP contribution is 2.37. The number of alkyl halides is 3. The molecule has 0 aliphatic carbocycles.